The van der Waals surface area contributed by atoms with Gasteiger partial charge in [-0.2, -0.15) is 0 Å². The fraction of sp³-hybridized carbons (Fsp3) is 0.500. The van der Waals surface area contributed by atoms with Crippen LogP contribution in [0.1, 0.15) is 51.2 Å². The monoisotopic (exact) mass is 352 g/mol. The summed E-state index contributed by atoms with van der Waals surface area (Å²) in [5.41, 5.74) is 3.53. The highest BCUT2D eigenvalue weighted by Crippen LogP contribution is 2.52. The van der Waals surface area contributed by atoms with Crippen molar-refractivity contribution in [3.8, 4) is 0 Å². The maximum absolute atomic E-state index is 2.46. The van der Waals surface area contributed by atoms with Crippen LogP contribution in [0.3, 0.4) is 0 Å². The van der Waals surface area contributed by atoms with Crippen molar-refractivity contribution in [2.75, 3.05) is 0 Å². The fourth-order valence-electron chi connectivity index (χ4n) is 4.39. The van der Waals surface area contributed by atoms with E-state index in [0.717, 1.165) is 23.4 Å². The lowest BCUT2D eigenvalue weighted by Crippen LogP contribution is -2.35. The molecule has 0 radical (unpaired) electrons. The van der Waals surface area contributed by atoms with Gasteiger partial charge in [-0.1, -0.05) is 86.8 Å². The fourth-order valence-corrected chi connectivity index (χ4v) is 7.84. The van der Waals surface area contributed by atoms with E-state index in [0.29, 0.717) is 0 Å². The zero-order valence-electron chi connectivity index (χ0n) is 16.5. The van der Waals surface area contributed by atoms with Gasteiger partial charge in [0.15, 0.2) is 0 Å². The standard InChI is InChI=1S/C24H33P/c1-17(2)23-15-10-20(5)16-24(23)25(21-11-6-18(3)7-12-21)22-13-8-19(4)9-14-22/h6-9,11-14,17,20,23-24H,10,15-16H2,1-5H3. The minimum Gasteiger partial charge on any atom is -0.0625 e. The van der Waals surface area contributed by atoms with Crippen LogP contribution in [-0.4, -0.2) is 5.66 Å². The molecular formula is C24H33P. The van der Waals surface area contributed by atoms with E-state index in [2.05, 4.69) is 83.1 Å². The molecule has 1 aliphatic carbocycles. The highest BCUT2D eigenvalue weighted by molar-refractivity contribution is 7.73. The van der Waals surface area contributed by atoms with Gasteiger partial charge in [0, 0.05) is 0 Å². The topological polar surface area (TPSA) is 0 Å². The second kappa shape index (κ2) is 8.05. The number of benzene rings is 2. The predicted octanol–water partition coefficient (Wildman–Crippen LogP) is 6.20. The van der Waals surface area contributed by atoms with Crippen LogP contribution < -0.4 is 10.6 Å². The first kappa shape index (κ1) is 18.7. The highest BCUT2D eigenvalue weighted by Gasteiger charge is 2.37. The molecule has 0 amide bonds. The van der Waals surface area contributed by atoms with E-state index in [-0.39, 0.29) is 7.92 Å². The molecule has 0 N–H and O–H groups in total. The first-order chi connectivity index (χ1) is 12.0. The molecule has 3 atom stereocenters. The van der Waals surface area contributed by atoms with Crippen LogP contribution in [0.5, 0.6) is 0 Å². The highest BCUT2D eigenvalue weighted by atomic mass is 31.1. The molecule has 2 aromatic carbocycles. The Labute approximate surface area is 155 Å². The molecular weight excluding hydrogens is 319 g/mol. The molecule has 1 aliphatic rings. The third-order valence-electron chi connectivity index (χ3n) is 5.94. The van der Waals surface area contributed by atoms with E-state index >= 15 is 0 Å². The zero-order valence-corrected chi connectivity index (χ0v) is 17.4. The Morgan fingerprint density at radius 1 is 0.800 bits per heavy atom. The van der Waals surface area contributed by atoms with Crippen molar-refractivity contribution in [1.29, 1.82) is 0 Å². The van der Waals surface area contributed by atoms with E-state index < -0.39 is 0 Å². The van der Waals surface area contributed by atoms with Gasteiger partial charge in [0.25, 0.3) is 0 Å². The average molecular weight is 353 g/mol. The largest absolute Gasteiger partial charge is 0.0625 e. The predicted molar refractivity (Wildman–Crippen MR) is 114 cm³/mol. The SMILES string of the molecule is Cc1ccc(P(c2ccc(C)cc2)C2CC(C)CCC2C(C)C)cc1. The van der Waals surface area contributed by atoms with Crippen molar-refractivity contribution in [2.24, 2.45) is 17.8 Å². The lowest BCUT2D eigenvalue weighted by Gasteiger charge is -2.42. The molecule has 0 spiro atoms. The first-order valence-corrected chi connectivity index (χ1v) is 11.3. The molecule has 0 bridgehead atoms. The average Bonchev–Trinajstić information content (AvgIpc) is 2.58. The third kappa shape index (κ3) is 4.35. The van der Waals surface area contributed by atoms with Crippen LogP contribution in [0.15, 0.2) is 48.5 Å². The molecule has 0 heterocycles. The van der Waals surface area contributed by atoms with E-state index in [4.69, 9.17) is 0 Å². The Balaban J connectivity index is 2.05. The summed E-state index contributed by atoms with van der Waals surface area (Å²) in [5.74, 6) is 2.49. The van der Waals surface area contributed by atoms with E-state index in [1.54, 1.807) is 10.6 Å². The Morgan fingerprint density at radius 3 is 1.72 bits per heavy atom. The van der Waals surface area contributed by atoms with Crippen molar-refractivity contribution < 1.29 is 0 Å². The van der Waals surface area contributed by atoms with Gasteiger partial charge in [-0.25, -0.2) is 0 Å². The van der Waals surface area contributed by atoms with Gasteiger partial charge in [-0.3, -0.25) is 0 Å². The Morgan fingerprint density at radius 2 is 1.28 bits per heavy atom. The van der Waals surface area contributed by atoms with Crippen molar-refractivity contribution >= 4 is 18.5 Å². The molecule has 3 unspecified atom stereocenters. The van der Waals surface area contributed by atoms with E-state index in [1.165, 1.54) is 30.4 Å². The minimum absolute atomic E-state index is 0.292. The summed E-state index contributed by atoms with van der Waals surface area (Å²) in [5, 5.41) is 3.13. The van der Waals surface area contributed by atoms with Crippen molar-refractivity contribution in [3.63, 3.8) is 0 Å². The third-order valence-corrected chi connectivity index (χ3v) is 8.91. The summed E-state index contributed by atoms with van der Waals surface area (Å²) in [7, 11) is -0.292. The Kier molecular flexibility index (Phi) is 6.00. The van der Waals surface area contributed by atoms with Crippen LogP contribution in [0.25, 0.3) is 0 Å². The Bertz CT molecular complexity index is 623. The van der Waals surface area contributed by atoms with Gasteiger partial charge in [0.2, 0.25) is 0 Å². The molecule has 2 aromatic rings. The Hall–Kier alpha value is -1.13. The van der Waals surface area contributed by atoms with Crippen molar-refractivity contribution in [1.82, 2.24) is 0 Å². The number of aryl methyl sites for hydroxylation is 2. The number of hydrogen-bond donors (Lipinski definition) is 0. The maximum Gasteiger partial charge on any atom is -0.00955 e. The van der Waals surface area contributed by atoms with Crippen LogP contribution >= 0.6 is 7.92 Å². The summed E-state index contributed by atoms with van der Waals surface area (Å²) in [6.07, 6.45) is 4.20. The zero-order chi connectivity index (χ0) is 18.0. The number of hydrogen-bond acceptors (Lipinski definition) is 0. The molecule has 25 heavy (non-hydrogen) atoms. The molecule has 1 fully saturated rings. The molecule has 134 valence electrons. The summed E-state index contributed by atoms with van der Waals surface area (Å²) in [6.45, 7) is 11.7. The molecule has 0 nitrogen and oxygen atoms in total. The van der Waals surface area contributed by atoms with Crippen LogP contribution in [0, 0.1) is 31.6 Å². The van der Waals surface area contributed by atoms with Crippen LogP contribution in [-0.2, 0) is 0 Å². The molecule has 0 saturated heterocycles. The van der Waals surface area contributed by atoms with Gasteiger partial charge >= 0.3 is 0 Å². The lowest BCUT2D eigenvalue weighted by atomic mass is 9.77. The van der Waals surface area contributed by atoms with Crippen LogP contribution in [0.2, 0.25) is 0 Å². The molecule has 0 aliphatic heterocycles. The van der Waals surface area contributed by atoms with E-state index in [1.807, 2.05) is 0 Å². The summed E-state index contributed by atoms with van der Waals surface area (Å²) in [4.78, 5) is 0. The maximum atomic E-state index is 2.46. The summed E-state index contributed by atoms with van der Waals surface area (Å²) in [6, 6.07) is 18.8. The summed E-state index contributed by atoms with van der Waals surface area (Å²) < 4.78 is 0. The van der Waals surface area contributed by atoms with Gasteiger partial charge in [0.1, 0.15) is 0 Å². The first-order valence-electron chi connectivity index (χ1n) is 9.88. The van der Waals surface area contributed by atoms with Crippen LogP contribution in [0.4, 0.5) is 0 Å². The van der Waals surface area contributed by atoms with E-state index in [9.17, 15) is 0 Å². The molecule has 3 rings (SSSR count). The molecule has 0 aromatic heterocycles. The normalized spacial score (nSPS) is 24.0. The van der Waals surface area contributed by atoms with Gasteiger partial charge in [-0.15, -0.1) is 0 Å². The summed E-state index contributed by atoms with van der Waals surface area (Å²) >= 11 is 0. The van der Waals surface area contributed by atoms with Gasteiger partial charge in [-0.05, 0) is 68.6 Å². The molecule has 1 heteroatoms. The van der Waals surface area contributed by atoms with Gasteiger partial charge < -0.3 is 0 Å². The number of rotatable bonds is 4. The quantitative estimate of drug-likeness (QED) is 0.575. The minimum atomic E-state index is -0.292. The smallest absolute Gasteiger partial charge is 0.00955 e. The second-order valence-electron chi connectivity index (χ2n) is 8.43. The van der Waals surface area contributed by atoms with Crippen molar-refractivity contribution in [3.05, 3.63) is 59.7 Å². The molecule has 1 saturated carbocycles. The second-order valence-corrected chi connectivity index (χ2v) is 10.9. The lowest BCUT2D eigenvalue weighted by molar-refractivity contribution is 0.242. The van der Waals surface area contributed by atoms with Gasteiger partial charge in [0.05, 0.1) is 0 Å². The van der Waals surface area contributed by atoms with Crippen molar-refractivity contribution in [2.45, 2.75) is 59.5 Å².